The van der Waals surface area contributed by atoms with Crippen molar-refractivity contribution in [2.45, 2.75) is 44.8 Å². The van der Waals surface area contributed by atoms with E-state index in [9.17, 15) is 9.59 Å². The number of ketones is 1. The van der Waals surface area contributed by atoms with Crippen molar-refractivity contribution in [3.63, 3.8) is 0 Å². The summed E-state index contributed by atoms with van der Waals surface area (Å²) in [4.78, 5) is 28.2. The minimum absolute atomic E-state index is 0.0874. The second kappa shape index (κ2) is 5.93. The van der Waals surface area contributed by atoms with E-state index >= 15 is 0 Å². The van der Waals surface area contributed by atoms with Crippen LogP contribution in [0.15, 0.2) is 23.3 Å². The van der Waals surface area contributed by atoms with E-state index in [1.165, 1.54) is 7.11 Å². The van der Waals surface area contributed by atoms with Crippen molar-refractivity contribution in [3.05, 3.63) is 39.8 Å². The Bertz CT molecular complexity index is 702. The SMILES string of the molecule is COc1ccc2c(c1)C(=O)[C@@](N=[N+]=[N-])(C(=O)OC(C)(C)C)CC2. The number of rotatable bonds is 3. The maximum absolute atomic E-state index is 12.9. The third-order valence-electron chi connectivity index (χ3n) is 3.65. The van der Waals surface area contributed by atoms with Crippen LogP contribution >= 0.6 is 0 Å². The van der Waals surface area contributed by atoms with Gasteiger partial charge in [-0.15, -0.1) is 0 Å². The molecule has 0 fully saturated rings. The first-order chi connectivity index (χ1) is 10.7. The molecule has 1 aliphatic carbocycles. The van der Waals surface area contributed by atoms with Gasteiger partial charge >= 0.3 is 5.97 Å². The maximum Gasteiger partial charge on any atom is 0.326 e. The van der Waals surface area contributed by atoms with Crippen molar-refractivity contribution in [2.24, 2.45) is 5.11 Å². The Labute approximate surface area is 134 Å². The number of Topliss-reactive ketones (excluding diaryl/α,β-unsaturated/α-hetero) is 1. The van der Waals surface area contributed by atoms with Crippen molar-refractivity contribution >= 4 is 11.8 Å². The highest BCUT2D eigenvalue weighted by atomic mass is 16.6. The Morgan fingerprint density at radius 2 is 2.09 bits per heavy atom. The minimum Gasteiger partial charge on any atom is -0.497 e. The van der Waals surface area contributed by atoms with Crippen LogP contribution in [0.3, 0.4) is 0 Å². The molecule has 0 amide bonds. The van der Waals surface area contributed by atoms with E-state index in [2.05, 4.69) is 10.0 Å². The zero-order valence-electron chi connectivity index (χ0n) is 13.6. The molecule has 1 aromatic carbocycles. The number of azide groups is 1. The van der Waals surface area contributed by atoms with E-state index in [1.54, 1.807) is 39.0 Å². The van der Waals surface area contributed by atoms with Gasteiger partial charge in [-0.2, -0.15) is 0 Å². The Balaban J connectivity index is 2.51. The van der Waals surface area contributed by atoms with E-state index in [-0.39, 0.29) is 6.42 Å². The van der Waals surface area contributed by atoms with Crippen LogP contribution in [0.4, 0.5) is 0 Å². The smallest absolute Gasteiger partial charge is 0.326 e. The first kappa shape index (κ1) is 16.8. The highest BCUT2D eigenvalue weighted by molar-refractivity contribution is 6.18. The lowest BCUT2D eigenvalue weighted by atomic mass is 9.77. The Kier molecular flexibility index (Phi) is 4.34. The number of fused-ring (bicyclic) bond motifs is 1. The second-order valence-corrected chi connectivity index (χ2v) is 6.40. The molecule has 1 aromatic rings. The van der Waals surface area contributed by atoms with Gasteiger partial charge in [0.05, 0.1) is 7.11 Å². The van der Waals surface area contributed by atoms with Gasteiger partial charge in [0.25, 0.3) is 0 Å². The normalized spacial score (nSPS) is 20.3. The minimum atomic E-state index is -1.86. The summed E-state index contributed by atoms with van der Waals surface area (Å²) in [6, 6.07) is 5.09. The fourth-order valence-corrected chi connectivity index (χ4v) is 2.53. The molecule has 0 saturated carbocycles. The van der Waals surface area contributed by atoms with Crippen molar-refractivity contribution in [1.82, 2.24) is 0 Å². The van der Waals surface area contributed by atoms with Crippen LogP contribution in [0, 0.1) is 0 Å². The number of esters is 1. The summed E-state index contributed by atoms with van der Waals surface area (Å²) in [6.07, 6.45) is 0.521. The molecule has 0 unspecified atom stereocenters. The molecular formula is C16H19N3O4. The van der Waals surface area contributed by atoms with Crippen molar-refractivity contribution in [1.29, 1.82) is 0 Å². The molecule has 7 heteroatoms. The average molecular weight is 317 g/mol. The first-order valence-electron chi connectivity index (χ1n) is 7.25. The number of carbonyl (C=O) groups is 2. The quantitative estimate of drug-likeness (QED) is 0.281. The van der Waals surface area contributed by atoms with E-state index in [1.807, 2.05) is 0 Å². The summed E-state index contributed by atoms with van der Waals surface area (Å²) >= 11 is 0. The predicted molar refractivity (Wildman–Crippen MR) is 83.4 cm³/mol. The third-order valence-corrected chi connectivity index (χ3v) is 3.65. The number of hydrogen-bond donors (Lipinski definition) is 0. The molecule has 0 aliphatic heterocycles. The molecular weight excluding hydrogens is 298 g/mol. The van der Waals surface area contributed by atoms with Gasteiger partial charge < -0.3 is 9.47 Å². The summed E-state index contributed by atoms with van der Waals surface area (Å²) in [5.74, 6) is -0.871. The number of aryl methyl sites for hydroxylation is 1. The van der Waals surface area contributed by atoms with Gasteiger partial charge in [0.1, 0.15) is 11.4 Å². The molecule has 0 aromatic heterocycles. The maximum atomic E-state index is 12.9. The standard InChI is InChI=1S/C16H19N3O4/c1-15(2,3)23-14(21)16(18-19-17)8-7-10-5-6-11(22-4)9-12(10)13(16)20/h5-6,9H,7-8H2,1-4H3/t16-/m1/s1. The monoisotopic (exact) mass is 317 g/mol. The van der Waals surface area contributed by atoms with Crippen molar-refractivity contribution in [3.8, 4) is 5.75 Å². The Morgan fingerprint density at radius 3 is 2.65 bits per heavy atom. The van der Waals surface area contributed by atoms with E-state index in [0.717, 1.165) is 5.56 Å². The summed E-state index contributed by atoms with van der Waals surface area (Å²) < 4.78 is 10.4. The molecule has 0 saturated heterocycles. The lowest BCUT2D eigenvalue weighted by Gasteiger charge is -2.33. The lowest BCUT2D eigenvalue weighted by molar-refractivity contribution is -0.159. The van der Waals surface area contributed by atoms with Gasteiger partial charge in [-0.3, -0.25) is 9.59 Å². The fourth-order valence-electron chi connectivity index (χ4n) is 2.53. The van der Waals surface area contributed by atoms with E-state index in [0.29, 0.717) is 17.7 Å². The number of ether oxygens (including phenoxy) is 2. The van der Waals surface area contributed by atoms with E-state index < -0.39 is 22.9 Å². The third kappa shape index (κ3) is 3.14. The summed E-state index contributed by atoms with van der Waals surface area (Å²) in [5, 5.41) is 3.55. The Hall–Kier alpha value is -2.53. The molecule has 122 valence electrons. The van der Waals surface area contributed by atoms with Crippen LogP contribution in [0.1, 0.15) is 43.1 Å². The topological polar surface area (TPSA) is 101 Å². The highest BCUT2D eigenvalue weighted by Crippen LogP contribution is 2.35. The molecule has 2 rings (SSSR count). The molecule has 0 N–H and O–H groups in total. The summed E-state index contributed by atoms with van der Waals surface area (Å²) in [5.41, 5.74) is 7.35. The molecule has 1 atom stereocenters. The van der Waals surface area contributed by atoms with Crippen molar-refractivity contribution in [2.75, 3.05) is 7.11 Å². The van der Waals surface area contributed by atoms with E-state index in [4.69, 9.17) is 15.0 Å². The molecule has 0 spiro atoms. The highest BCUT2D eigenvalue weighted by Gasteiger charge is 2.51. The first-order valence-corrected chi connectivity index (χ1v) is 7.25. The van der Waals surface area contributed by atoms with Gasteiger partial charge in [0, 0.05) is 10.5 Å². The fraction of sp³-hybridized carbons (Fsp3) is 0.500. The van der Waals surface area contributed by atoms with Crippen LogP contribution in [0.2, 0.25) is 0 Å². The van der Waals surface area contributed by atoms with Gasteiger partial charge in [0.15, 0.2) is 5.78 Å². The zero-order valence-corrected chi connectivity index (χ0v) is 13.6. The number of carbonyl (C=O) groups excluding carboxylic acids is 2. The zero-order chi connectivity index (χ0) is 17.3. The average Bonchev–Trinajstić information content (AvgIpc) is 2.48. The van der Waals surface area contributed by atoms with Gasteiger partial charge in [-0.05, 0) is 56.8 Å². The number of hydrogen-bond acceptors (Lipinski definition) is 5. The van der Waals surface area contributed by atoms with Gasteiger partial charge in [-0.25, -0.2) is 0 Å². The summed E-state index contributed by atoms with van der Waals surface area (Å²) in [6.45, 7) is 5.08. The molecule has 23 heavy (non-hydrogen) atoms. The van der Waals surface area contributed by atoms with Gasteiger partial charge in [-0.1, -0.05) is 11.2 Å². The lowest BCUT2D eigenvalue weighted by Crippen LogP contribution is -2.50. The van der Waals surface area contributed by atoms with Crippen LogP contribution in [0.5, 0.6) is 5.75 Å². The Morgan fingerprint density at radius 1 is 1.39 bits per heavy atom. The number of methoxy groups -OCH3 is 1. The molecule has 7 nitrogen and oxygen atoms in total. The second-order valence-electron chi connectivity index (χ2n) is 6.40. The number of nitrogens with zero attached hydrogens (tertiary/aromatic N) is 3. The molecule has 0 radical (unpaired) electrons. The summed E-state index contributed by atoms with van der Waals surface area (Å²) in [7, 11) is 1.49. The molecule has 0 heterocycles. The van der Waals surface area contributed by atoms with Crippen LogP contribution in [0.25, 0.3) is 10.4 Å². The van der Waals surface area contributed by atoms with Gasteiger partial charge in [0.2, 0.25) is 5.54 Å². The molecule has 0 bridgehead atoms. The van der Waals surface area contributed by atoms with Crippen molar-refractivity contribution < 1.29 is 19.1 Å². The number of benzene rings is 1. The molecule has 1 aliphatic rings. The van der Waals surface area contributed by atoms with Crippen LogP contribution in [-0.4, -0.2) is 30.0 Å². The largest absolute Gasteiger partial charge is 0.497 e. The van der Waals surface area contributed by atoms with Crippen LogP contribution in [-0.2, 0) is 16.0 Å². The predicted octanol–water partition coefficient (Wildman–Crippen LogP) is 3.21. The van der Waals surface area contributed by atoms with Crippen LogP contribution < -0.4 is 4.74 Å².